The molecule has 116 valence electrons. The number of fused-ring (bicyclic) bond motifs is 1. The van der Waals surface area contributed by atoms with Crippen LogP contribution in [-0.4, -0.2) is 41.0 Å². The quantitative estimate of drug-likeness (QED) is 0.642. The number of benzene rings is 1. The van der Waals surface area contributed by atoms with Gasteiger partial charge in [-0.15, -0.1) is 0 Å². The molecule has 2 heterocycles. The average molecular weight is 299 g/mol. The number of esters is 1. The maximum Gasteiger partial charge on any atom is 0.325 e. The van der Waals surface area contributed by atoms with E-state index >= 15 is 0 Å². The Labute approximate surface area is 131 Å². The molecule has 1 aliphatic heterocycles. The minimum absolute atomic E-state index is 0.185. The van der Waals surface area contributed by atoms with Crippen LogP contribution >= 0.6 is 0 Å². The third-order valence-electron chi connectivity index (χ3n) is 4.20. The molecule has 3 rings (SSSR count). The average Bonchev–Trinajstić information content (AvgIpc) is 3.09. The Morgan fingerprint density at radius 3 is 2.86 bits per heavy atom. The monoisotopic (exact) mass is 299 g/mol. The van der Waals surface area contributed by atoms with Gasteiger partial charge in [0.15, 0.2) is 6.21 Å². The van der Waals surface area contributed by atoms with Crippen LogP contribution in [-0.2, 0) is 16.1 Å². The van der Waals surface area contributed by atoms with E-state index in [0.717, 1.165) is 18.6 Å². The van der Waals surface area contributed by atoms with Crippen molar-refractivity contribution in [1.29, 1.82) is 0 Å². The molecule has 1 aromatic carbocycles. The van der Waals surface area contributed by atoms with Gasteiger partial charge in [0, 0.05) is 24.4 Å². The van der Waals surface area contributed by atoms with E-state index in [-0.39, 0.29) is 12.5 Å². The summed E-state index contributed by atoms with van der Waals surface area (Å²) in [6, 6.07) is 6.29. The molecule has 0 aliphatic carbocycles. The SMILES string of the molecule is CCOC(=O)Cn1cc(C=[N+]2CCCC2)c2cccc(C)c21. The first kappa shape index (κ1) is 14.8. The second kappa shape index (κ2) is 6.34. The van der Waals surface area contributed by atoms with E-state index in [0.29, 0.717) is 6.61 Å². The van der Waals surface area contributed by atoms with Crippen molar-refractivity contribution in [2.75, 3.05) is 19.7 Å². The lowest BCUT2D eigenvalue weighted by Gasteiger charge is -2.06. The summed E-state index contributed by atoms with van der Waals surface area (Å²) in [5.74, 6) is -0.185. The number of para-hydroxylation sites is 1. The van der Waals surface area contributed by atoms with Crippen LogP contribution < -0.4 is 0 Å². The van der Waals surface area contributed by atoms with Gasteiger partial charge in [0.05, 0.1) is 17.7 Å². The topological polar surface area (TPSA) is 34.2 Å². The van der Waals surface area contributed by atoms with Crippen molar-refractivity contribution in [1.82, 2.24) is 4.57 Å². The van der Waals surface area contributed by atoms with Crippen LogP contribution in [0.3, 0.4) is 0 Å². The summed E-state index contributed by atoms with van der Waals surface area (Å²) >= 11 is 0. The zero-order valence-electron chi connectivity index (χ0n) is 13.3. The Kier molecular flexibility index (Phi) is 4.27. The minimum atomic E-state index is -0.185. The molecule has 0 radical (unpaired) electrons. The highest BCUT2D eigenvalue weighted by molar-refractivity contribution is 5.99. The van der Waals surface area contributed by atoms with Crippen LogP contribution in [0.15, 0.2) is 24.4 Å². The molecule has 0 unspecified atom stereocenters. The van der Waals surface area contributed by atoms with Gasteiger partial charge < -0.3 is 9.30 Å². The van der Waals surface area contributed by atoms with Crippen LogP contribution in [0.5, 0.6) is 0 Å². The van der Waals surface area contributed by atoms with Crippen LogP contribution in [0.2, 0.25) is 0 Å². The first-order valence-corrected chi connectivity index (χ1v) is 8.02. The van der Waals surface area contributed by atoms with Gasteiger partial charge in [-0.25, -0.2) is 4.58 Å². The van der Waals surface area contributed by atoms with Gasteiger partial charge in [0.1, 0.15) is 19.6 Å². The minimum Gasteiger partial charge on any atom is -0.465 e. The molecule has 0 saturated carbocycles. The molecule has 0 N–H and O–H groups in total. The Bertz CT molecular complexity index is 720. The van der Waals surface area contributed by atoms with Crippen LogP contribution in [0.1, 0.15) is 30.9 Å². The van der Waals surface area contributed by atoms with Crippen molar-refractivity contribution in [2.45, 2.75) is 33.2 Å². The molecule has 1 fully saturated rings. The maximum atomic E-state index is 11.9. The molecule has 1 aliphatic rings. The highest BCUT2D eigenvalue weighted by Gasteiger charge is 2.17. The highest BCUT2D eigenvalue weighted by Crippen LogP contribution is 2.24. The van der Waals surface area contributed by atoms with E-state index in [9.17, 15) is 4.79 Å². The number of hydrogen-bond acceptors (Lipinski definition) is 2. The van der Waals surface area contributed by atoms with E-state index in [1.165, 1.54) is 29.4 Å². The van der Waals surface area contributed by atoms with E-state index in [4.69, 9.17) is 4.74 Å². The zero-order chi connectivity index (χ0) is 15.5. The number of carbonyl (C=O) groups is 1. The van der Waals surface area contributed by atoms with Crippen molar-refractivity contribution in [3.8, 4) is 0 Å². The fourth-order valence-corrected chi connectivity index (χ4v) is 3.22. The number of aromatic nitrogens is 1. The second-order valence-corrected chi connectivity index (χ2v) is 5.86. The zero-order valence-corrected chi connectivity index (χ0v) is 13.3. The molecular weight excluding hydrogens is 276 g/mol. The first-order valence-electron chi connectivity index (χ1n) is 8.02. The molecule has 22 heavy (non-hydrogen) atoms. The fraction of sp³-hybridized carbons (Fsp3) is 0.444. The molecule has 2 aromatic rings. The molecule has 0 amide bonds. The summed E-state index contributed by atoms with van der Waals surface area (Å²) in [6.45, 7) is 6.85. The largest absolute Gasteiger partial charge is 0.465 e. The van der Waals surface area contributed by atoms with Gasteiger partial charge in [-0.2, -0.15) is 0 Å². The molecule has 1 aromatic heterocycles. The standard InChI is InChI=1S/C18H23N2O2/c1-3-22-17(21)13-20-12-15(11-19-9-4-5-10-19)16-8-6-7-14(2)18(16)20/h6-8,11-12H,3-5,9-10,13H2,1-2H3/q+1. The summed E-state index contributed by atoms with van der Waals surface area (Å²) in [5, 5.41) is 1.20. The van der Waals surface area contributed by atoms with E-state index in [1.807, 2.05) is 11.5 Å². The molecule has 4 nitrogen and oxygen atoms in total. The lowest BCUT2D eigenvalue weighted by Crippen LogP contribution is -2.13. The van der Waals surface area contributed by atoms with Crippen molar-refractivity contribution < 1.29 is 14.1 Å². The van der Waals surface area contributed by atoms with Crippen LogP contribution in [0, 0.1) is 6.92 Å². The predicted octanol–water partition coefficient (Wildman–Crippen LogP) is 2.74. The molecule has 0 spiro atoms. The van der Waals surface area contributed by atoms with Crippen molar-refractivity contribution in [3.05, 3.63) is 35.5 Å². The number of carbonyl (C=O) groups excluding carboxylic acids is 1. The number of hydrogen-bond donors (Lipinski definition) is 0. The van der Waals surface area contributed by atoms with Gasteiger partial charge in [-0.3, -0.25) is 4.79 Å². The Morgan fingerprint density at radius 1 is 1.36 bits per heavy atom. The van der Waals surface area contributed by atoms with Crippen LogP contribution in [0.25, 0.3) is 10.9 Å². The van der Waals surface area contributed by atoms with Crippen molar-refractivity contribution in [2.24, 2.45) is 0 Å². The third kappa shape index (κ3) is 2.91. The number of ether oxygens (including phenoxy) is 1. The number of rotatable bonds is 4. The maximum absolute atomic E-state index is 11.9. The molecule has 0 atom stereocenters. The van der Waals surface area contributed by atoms with E-state index < -0.39 is 0 Å². The summed E-state index contributed by atoms with van der Waals surface area (Å²) in [5.41, 5.74) is 3.49. The molecule has 1 saturated heterocycles. The lowest BCUT2D eigenvalue weighted by atomic mass is 10.1. The summed E-state index contributed by atoms with van der Waals surface area (Å²) in [6.07, 6.45) is 6.83. The fourth-order valence-electron chi connectivity index (χ4n) is 3.22. The van der Waals surface area contributed by atoms with Crippen molar-refractivity contribution >= 4 is 23.1 Å². The smallest absolute Gasteiger partial charge is 0.325 e. The Balaban J connectivity index is 2.04. The number of nitrogens with zero attached hydrogens (tertiary/aromatic N) is 2. The summed E-state index contributed by atoms with van der Waals surface area (Å²) in [4.78, 5) is 11.9. The predicted molar refractivity (Wildman–Crippen MR) is 87.7 cm³/mol. The van der Waals surface area contributed by atoms with Gasteiger partial charge in [0.2, 0.25) is 0 Å². The highest BCUT2D eigenvalue weighted by atomic mass is 16.5. The normalized spacial score (nSPS) is 14.5. The first-order chi connectivity index (χ1) is 10.7. The molecule has 4 heteroatoms. The lowest BCUT2D eigenvalue weighted by molar-refractivity contribution is -0.500. The van der Waals surface area contributed by atoms with Gasteiger partial charge >= 0.3 is 5.97 Å². The summed E-state index contributed by atoms with van der Waals surface area (Å²) < 4.78 is 9.48. The molecule has 0 bridgehead atoms. The third-order valence-corrected chi connectivity index (χ3v) is 4.20. The Morgan fingerprint density at radius 2 is 2.14 bits per heavy atom. The van der Waals surface area contributed by atoms with Gasteiger partial charge in [0.25, 0.3) is 0 Å². The van der Waals surface area contributed by atoms with E-state index in [1.54, 1.807) is 0 Å². The van der Waals surface area contributed by atoms with E-state index in [2.05, 4.69) is 42.1 Å². The van der Waals surface area contributed by atoms with Gasteiger partial charge in [-0.05, 0) is 19.4 Å². The van der Waals surface area contributed by atoms with Crippen LogP contribution in [0.4, 0.5) is 0 Å². The van der Waals surface area contributed by atoms with Crippen molar-refractivity contribution in [3.63, 3.8) is 0 Å². The number of aryl methyl sites for hydroxylation is 1. The van der Waals surface area contributed by atoms with Gasteiger partial charge in [-0.1, -0.05) is 18.2 Å². The Hall–Kier alpha value is -2.10. The summed E-state index contributed by atoms with van der Waals surface area (Å²) in [7, 11) is 0. The molecular formula is C18H23N2O2+. The second-order valence-electron chi connectivity index (χ2n) is 5.86.